The number of benzene rings is 3. The maximum absolute atomic E-state index is 2.79. The van der Waals surface area contributed by atoms with Crippen LogP contribution in [0.3, 0.4) is 0 Å². The van der Waals surface area contributed by atoms with E-state index in [0.717, 1.165) is 0 Å². The fourth-order valence-electron chi connectivity index (χ4n) is 5.26. The zero-order valence-corrected chi connectivity index (χ0v) is 19.9. The molecule has 0 unspecified atom stereocenters. The van der Waals surface area contributed by atoms with Gasteiger partial charge >= 0.3 is 0 Å². The lowest BCUT2D eigenvalue weighted by Gasteiger charge is -2.47. The minimum absolute atomic E-state index is 1.27. The summed E-state index contributed by atoms with van der Waals surface area (Å²) < 4.78 is 0. The third kappa shape index (κ3) is 3.91. The summed E-state index contributed by atoms with van der Waals surface area (Å²) in [6.07, 6.45) is 5.37. The third-order valence-electron chi connectivity index (χ3n) is 7.21. The molecule has 0 aliphatic carbocycles. The molecule has 0 bridgehead atoms. The first-order chi connectivity index (χ1) is 14.1. The van der Waals surface area contributed by atoms with Gasteiger partial charge in [0.2, 0.25) is 0 Å². The molecule has 3 aromatic carbocycles. The van der Waals surface area contributed by atoms with Crippen molar-refractivity contribution in [1.82, 2.24) is 4.90 Å². The van der Waals surface area contributed by atoms with Crippen molar-refractivity contribution in [1.29, 1.82) is 0 Å². The highest BCUT2D eigenvalue weighted by atomic mass is 29.3. The van der Waals surface area contributed by atoms with Crippen LogP contribution in [0, 0.1) is 0 Å². The molecule has 3 aromatic rings. The quantitative estimate of drug-likeness (QED) is 0.551. The van der Waals surface area contributed by atoms with Crippen molar-refractivity contribution in [3.63, 3.8) is 0 Å². The van der Waals surface area contributed by atoms with Gasteiger partial charge < -0.3 is 4.90 Å². The summed E-state index contributed by atoms with van der Waals surface area (Å²) in [7, 11) is -3.87. The van der Waals surface area contributed by atoms with Crippen molar-refractivity contribution < 1.29 is 0 Å². The van der Waals surface area contributed by atoms with E-state index in [0.29, 0.717) is 0 Å². The van der Waals surface area contributed by atoms with Crippen LogP contribution in [0.15, 0.2) is 91.0 Å². The van der Waals surface area contributed by atoms with Crippen LogP contribution in [-0.4, -0.2) is 39.3 Å². The van der Waals surface area contributed by atoms with E-state index in [1.807, 2.05) is 0 Å². The van der Waals surface area contributed by atoms with Gasteiger partial charge in [0.05, 0.1) is 0 Å². The van der Waals surface area contributed by atoms with Gasteiger partial charge in [-0.1, -0.05) is 126 Å². The topological polar surface area (TPSA) is 3.24 Å². The number of nitrogens with zero attached hydrogens (tertiary/aromatic N) is 1. The summed E-state index contributed by atoms with van der Waals surface area (Å²) in [5.74, 6) is 0. The van der Waals surface area contributed by atoms with Crippen LogP contribution in [0.25, 0.3) is 0 Å². The Morgan fingerprint density at radius 3 is 1.45 bits per heavy atom. The molecule has 0 aromatic heterocycles. The Balaban J connectivity index is 1.91. The van der Waals surface area contributed by atoms with Gasteiger partial charge in [0.15, 0.2) is 0 Å². The highest BCUT2D eigenvalue weighted by Gasteiger charge is 2.52. The zero-order valence-electron chi connectivity index (χ0n) is 17.9. The van der Waals surface area contributed by atoms with E-state index in [2.05, 4.69) is 109 Å². The van der Waals surface area contributed by atoms with E-state index in [4.69, 9.17) is 0 Å². The lowest BCUT2D eigenvalue weighted by atomic mass is 10.1. The largest absolute Gasteiger partial charge is 0.306 e. The van der Waals surface area contributed by atoms with Crippen molar-refractivity contribution in [2.75, 3.05) is 19.3 Å². The molecule has 1 nitrogen and oxygen atoms in total. The molecule has 1 atom stereocenters. The van der Waals surface area contributed by atoms with Crippen LogP contribution >= 0.6 is 0 Å². The molecule has 1 saturated heterocycles. The van der Waals surface area contributed by atoms with Crippen molar-refractivity contribution in [3.8, 4) is 0 Å². The maximum Gasteiger partial charge on any atom is 0.114 e. The SMILES string of the molecule is C[Si](c1ccccc1)(c1ccccc1)[Si@@](C)(CN1CCCCC1)c1ccccc1. The van der Waals surface area contributed by atoms with Crippen LogP contribution in [0.5, 0.6) is 0 Å². The fourth-order valence-corrected chi connectivity index (χ4v) is 20.5. The molecule has 0 spiro atoms. The van der Waals surface area contributed by atoms with Crippen LogP contribution in [0.2, 0.25) is 13.1 Å². The van der Waals surface area contributed by atoms with Gasteiger partial charge in [-0.2, -0.15) is 0 Å². The Hall–Kier alpha value is -1.95. The molecule has 3 heteroatoms. The van der Waals surface area contributed by atoms with E-state index < -0.39 is 15.2 Å². The number of rotatable bonds is 6. The van der Waals surface area contributed by atoms with Crippen molar-refractivity contribution >= 4 is 30.7 Å². The summed E-state index contributed by atoms with van der Waals surface area (Å²) >= 11 is 0. The second kappa shape index (κ2) is 8.82. The first kappa shape index (κ1) is 20.3. The van der Waals surface area contributed by atoms with E-state index in [9.17, 15) is 0 Å². The molecule has 1 aliphatic rings. The summed E-state index contributed by atoms with van der Waals surface area (Å²) in [4.78, 5) is 2.79. The Kier molecular flexibility index (Phi) is 6.19. The average Bonchev–Trinajstić information content (AvgIpc) is 2.81. The molecular formula is C26H33NSi2. The molecule has 150 valence electrons. The first-order valence-electron chi connectivity index (χ1n) is 11.0. The summed E-state index contributed by atoms with van der Waals surface area (Å²) in [5, 5.41) is 4.79. The van der Waals surface area contributed by atoms with Gasteiger partial charge in [-0.25, -0.2) is 0 Å². The van der Waals surface area contributed by atoms with Crippen LogP contribution < -0.4 is 15.6 Å². The fraction of sp³-hybridized carbons (Fsp3) is 0.308. The summed E-state index contributed by atoms with van der Waals surface area (Å²) in [6, 6.07) is 34.4. The average molecular weight is 416 g/mol. The Morgan fingerprint density at radius 1 is 0.586 bits per heavy atom. The number of likely N-dealkylation sites (tertiary alicyclic amines) is 1. The minimum atomic E-state index is -1.98. The monoisotopic (exact) mass is 415 g/mol. The molecule has 0 saturated carbocycles. The van der Waals surface area contributed by atoms with Crippen molar-refractivity contribution in [2.24, 2.45) is 0 Å². The second-order valence-corrected chi connectivity index (χ2v) is 22.2. The van der Waals surface area contributed by atoms with Gasteiger partial charge in [0.1, 0.15) is 15.2 Å². The maximum atomic E-state index is 2.79. The highest BCUT2D eigenvalue weighted by molar-refractivity contribution is 7.55. The predicted molar refractivity (Wildman–Crippen MR) is 132 cm³/mol. The molecule has 29 heavy (non-hydrogen) atoms. The lowest BCUT2D eigenvalue weighted by Crippen LogP contribution is -2.81. The molecule has 0 amide bonds. The smallest absolute Gasteiger partial charge is 0.114 e. The van der Waals surface area contributed by atoms with E-state index in [-0.39, 0.29) is 0 Å². The normalized spacial score (nSPS) is 17.6. The zero-order chi connectivity index (χ0) is 20.2. The van der Waals surface area contributed by atoms with E-state index in [1.165, 1.54) is 38.5 Å². The first-order valence-corrected chi connectivity index (χ1v) is 17.2. The van der Waals surface area contributed by atoms with E-state index in [1.54, 1.807) is 15.6 Å². The standard InChI is InChI=1S/C26H33NSi2/c1-28(24-15-7-3-8-16-24,23-27-21-13-6-14-22-27)29(2,25-17-9-4-10-18-25)26-19-11-5-12-20-26/h3-5,7-12,15-20H,6,13-14,21-23H2,1-2H3/t28-/m0/s1. The molecule has 1 aliphatic heterocycles. The van der Waals surface area contributed by atoms with Gasteiger partial charge in [-0.05, 0) is 32.1 Å². The summed E-state index contributed by atoms with van der Waals surface area (Å²) in [6.45, 7) is 7.87. The molecule has 0 N–H and O–H groups in total. The van der Waals surface area contributed by atoms with Crippen LogP contribution in [0.1, 0.15) is 19.3 Å². The number of piperidine rings is 1. The highest BCUT2D eigenvalue weighted by Crippen LogP contribution is 2.23. The number of hydrogen-bond donors (Lipinski definition) is 0. The van der Waals surface area contributed by atoms with E-state index >= 15 is 0 Å². The molecule has 1 fully saturated rings. The Bertz CT molecular complexity index is 852. The Morgan fingerprint density at radius 2 is 1.00 bits per heavy atom. The lowest BCUT2D eigenvalue weighted by molar-refractivity contribution is 0.260. The van der Waals surface area contributed by atoms with Gasteiger partial charge in [-0.15, -0.1) is 0 Å². The van der Waals surface area contributed by atoms with Crippen LogP contribution in [0.4, 0.5) is 0 Å². The number of hydrogen-bond acceptors (Lipinski definition) is 1. The van der Waals surface area contributed by atoms with Gasteiger partial charge in [0, 0.05) is 0 Å². The minimum Gasteiger partial charge on any atom is -0.306 e. The van der Waals surface area contributed by atoms with Crippen molar-refractivity contribution in [2.45, 2.75) is 32.4 Å². The molecular weight excluding hydrogens is 382 g/mol. The Labute approximate surface area is 178 Å². The second-order valence-electron chi connectivity index (χ2n) is 8.89. The predicted octanol–water partition coefficient (Wildman–Crippen LogP) is 3.97. The van der Waals surface area contributed by atoms with Gasteiger partial charge in [0.25, 0.3) is 0 Å². The van der Waals surface area contributed by atoms with Gasteiger partial charge in [-0.3, -0.25) is 0 Å². The third-order valence-corrected chi connectivity index (χ3v) is 24.8. The molecule has 4 rings (SSSR count). The van der Waals surface area contributed by atoms with Crippen molar-refractivity contribution in [3.05, 3.63) is 91.0 Å². The van der Waals surface area contributed by atoms with Crippen LogP contribution in [-0.2, 0) is 0 Å². The molecule has 0 radical (unpaired) electrons. The summed E-state index contributed by atoms with van der Waals surface area (Å²) in [5.41, 5.74) is 0. The molecule has 1 heterocycles.